The number of carbonyl (C=O) groups excluding carboxylic acids is 1. The smallest absolute Gasteiger partial charge is 0.344 e. The van der Waals surface area contributed by atoms with Gasteiger partial charge >= 0.3 is 5.97 Å². The Balaban J connectivity index is 3.14. The zero-order valence-electron chi connectivity index (χ0n) is 11.6. The first-order chi connectivity index (χ1) is 8.75. The molecule has 0 fully saturated rings. The molecule has 0 aliphatic heterocycles. The second-order valence-corrected chi connectivity index (χ2v) is 4.57. The molecule has 0 aromatic heterocycles. The zero-order chi connectivity index (χ0) is 14.7. The first kappa shape index (κ1) is 15.0. The maximum absolute atomic E-state index is 11.9. The summed E-state index contributed by atoms with van der Waals surface area (Å²) in [6, 6.07) is 3.27. The summed E-state index contributed by atoms with van der Waals surface area (Å²) in [4.78, 5) is 22.7. The summed E-state index contributed by atoms with van der Waals surface area (Å²) in [6.07, 6.45) is -0.930. The van der Waals surface area contributed by atoms with E-state index in [2.05, 4.69) is 6.58 Å². The van der Waals surface area contributed by atoms with Crippen LogP contribution in [0.4, 0.5) is 0 Å². The third-order valence-corrected chi connectivity index (χ3v) is 3.02. The van der Waals surface area contributed by atoms with Crippen molar-refractivity contribution in [2.45, 2.75) is 33.8 Å². The molecule has 0 aliphatic carbocycles. The number of hydrogen-bond acceptors (Lipinski definition) is 3. The fourth-order valence-corrected chi connectivity index (χ4v) is 1.64. The second kappa shape index (κ2) is 5.69. The minimum absolute atomic E-state index is 0.113. The number of ether oxygens (including phenoxy) is 1. The number of rotatable bonds is 5. The number of carboxylic acids is 1. The Morgan fingerprint density at radius 3 is 2.32 bits per heavy atom. The highest BCUT2D eigenvalue weighted by Crippen LogP contribution is 2.26. The van der Waals surface area contributed by atoms with Crippen molar-refractivity contribution >= 4 is 11.8 Å². The van der Waals surface area contributed by atoms with Crippen molar-refractivity contribution in [2.24, 2.45) is 0 Å². The van der Waals surface area contributed by atoms with Gasteiger partial charge in [0.2, 0.25) is 0 Å². The molecule has 0 saturated heterocycles. The molecular formula is C15H18O4. The summed E-state index contributed by atoms with van der Waals surface area (Å²) in [6.45, 7) is 10.4. The van der Waals surface area contributed by atoms with Crippen molar-refractivity contribution < 1.29 is 19.4 Å². The van der Waals surface area contributed by atoms with E-state index in [-0.39, 0.29) is 5.78 Å². The van der Waals surface area contributed by atoms with Gasteiger partial charge in [0.25, 0.3) is 0 Å². The highest BCUT2D eigenvalue weighted by Gasteiger charge is 2.17. The molecule has 1 aromatic carbocycles. The van der Waals surface area contributed by atoms with Gasteiger partial charge in [-0.1, -0.05) is 6.58 Å². The average molecular weight is 262 g/mol. The predicted octanol–water partition coefficient (Wildman–Crippen LogP) is 2.91. The van der Waals surface area contributed by atoms with E-state index in [9.17, 15) is 9.59 Å². The number of allylic oxidation sites excluding steroid dienone is 1. The number of hydrogen-bond donors (Lipinski definition) is 1. The standard InChI is InChI=1S/C15H18O4/c1-8(2)14(16)12-6-7-13(10(4)9(12)3)19-11(5)15(17)18/h6-7,11H,1H2,2-5H3,(H,17,18). The normalized spacial score (nSPS) is 11.8. The van der Waals surface area contributed by atoms with Crippen LogP contribution in [0, 0.1) is 13.8 Å². The van der Waals surface area contributed by atoms with E-state index in [4.69, 9.17) is 9.84 Å². The monoisotopic (exact) mass is 262 g/mol. The zero-order valence-corrected chi connectivity index (χ0v) is 11.6. The number of aliphatic carboxylic acids is 1. The molecule has 1 unspecified atom stereocenters. The lowest BCUT2D eigenvalue weighted by molar-refractivity contribution is -0.144. The lowest BCUT2D eigenvalue weighted by Crippen LogP contribution is -2.23. The van der Waals surface area contributed by atoms with Crippen LogP contribution in [-0.2, 0) is 4.79 Å². The Labute approximate surface area is 112 Å². The number of Topliss-reactive ketones (excluding diaryl/α,β-unsaturated/α-hetero) is 1. The fraction of sp³-hybridized carbons (Fsp3) is 0.333. The summed E-state index contributed by atoms with van der Waals surface area (Å²) < 4.78 is 5.35. The van der Waals surface area contributed by atoms with Crippen molar-refractivity contribution in [3.8, 4) is 5.75 Å². The molecule has 0 bridgehead atoms. The lowest BCUT2D eigenvalue weighted by atomic mass is 9.96. The molecule has 0 radical (unpaired) electrons. The molecule has 4 heteroatoms. The Hall–Kier alpha value is -2.10. The summed E-state index contributed by atoms with van der Waals surface area (Å²) in [5.74, 6) is -0.664. The topological polar surface area (TPSA) is 63.6 Å². The molecule has 102 valence electrons. The van der Waals surface area contributed by atoms with E-state index in [1.54, 1.807) is 26.0 Å². The Morgan fingerprint density at radius 2 is 1.84 bits per heavy atom. The van der Waals surface area contributed by atoms with Gasteiger partial charge in [-0.15, -0.1) is 0 Å². The van der Waals surface area contributed by atoms with Crippen molar-refractivity contribution in [1.29, 1.82) is 0 Å². The van der Waals surface area contributed by atoms with Gasteiger partial charge < -0.3 is 9.84 Å². The van der Waals surface area contributed by atoms with Gasteiger partial charge in [0.15, 0.2) is 11.9 Å². The third-order valence-electron chi connectivity index (χ3n) is 3.02. The lowest BCUT2D eigenvalue weighted by Gasteiger charge is -2.16. The van der Waals surface area contributed by atoms with Crippen LogP contribution in [0.25, 0.3) is 0 Å². The van der Waals surface area contributed by atoms with Crippen molar-refractivity contribution in [2.75, 3.05) is 0 Å². The summed E-state index contributed by atoms with van der Waals surface area (Å²) in [7, 11) is 0. The van der Waals surface area contributed by atoms with Crippen molar-refractivity contribution in [3.63, 3.8) is 0 Å². The third kappa shape index (κ3) is 3.22. The first-order valence-corrected chi connectivity index (χ1v) is 5.95. The van der Waals surface area contributed by atoms with Crippen LogP contribution in [-0.4, -0.2) is 23.0 Å². The maximum Gasteiger partial charge on any atom is 0.344 e. The number of carbonyl (C=O) groups is 2. The highest BCUT2D eigenvalue weighted by atomic mass is 16.5. The Morgan fingerprint density at radius 1 is 1.26 bits per heavy atom. The number of ketones is 1. The van der Waals surface area contributed by atoms with Crippen LogP contribution < -0.4 is 4.74 Å². The maximum atomic E-state index is 11.9. The SMILES string of the molecule is C=C(C)C(=O)c1ccc(OC(C)C(=O)O)c(C)c1C. The minimum Gasteiger partial charge on any atom is -0.479 e. The summed E-state index contributed by atoms with van der Waals surface area (Å²) in [5.41, 5.74) is 2.58. The summed E-state index contributed by atoms with van der Waals surface area (Å²) >= 11 is 0. The van der Waals surface area contributed by atoms with Crippen LogP contribution in [0.3, 0.4) is 0 Å². The Bertz CT molecular complexity index is 543. The van der Waals surface area contributed by atoms with Crippen molar-refractivity contribution in [3.05, 3.63) is 41.0 Å². The quantitative estimate of drug-likeness (QED) is 0.654. The number of carboxylic acid groups (broad SMARTS) is 1. The Kier molecular flexibility index (Phi) is 4.48. The molecule has 0 saturated carbocycles. The predicted molar refractivity (Wildman–Crippen MR) is 72.8 cm³/mol. The van der Waals surface area contributed by atoms with Crippen LogP contribution in [0.15, 0.2) is 24.3 Å². The molecule has 4 nitrogen and oxygen atoms in total. The van der Waals surface area contributed by atoms with E-state index in [0.29, 0.717) is 16.9 Å². The molecule has 1 atom stereocenters. The van der Waals surface area contributed by atoms with Gasteiger partial charge in [-0.3, -0.25) is 4.79 Å². The first-order valence-electron chi connectivity index (χ1n) is 5.95. The molecule has 1 aromatic rings. The van der Waals surface area contributed by atoms with Gasteiger partial charge in [0.05, 0.1) is 0 Å². The minimum atomic E-state index is -1.03. The van der Waals surface area contributed by atoms with Crippen molar-refractivity contribution in [1.82, 2.24) is 0 Å². The van der Waals surface area contributed by atoms with Gasteiger partial charge in [0.1, 0.15) is 5.75 Å². The highest BCUT2D eigenvalue weighted by molar-refractivity contribution is 6.09. The van der Waals surface area contributed by atoms with Gasteiger partial charge in [-0.05, 0) is 56.5 Å². The van der Waals surface area contributed by atoms with Crippen LogP contribution in [0.2, 0.25) is 0 Å². The molecule has 0 amide bonds. The second-order valence-electron chi connectivity index (χ2n) is 4.57. The molecule has 0 spiro atoms. The van der Waals surface area contributed by atoms with E-state index < -0.39 is 12.1 Å². The molecule has 19 heavy (non-hydrogen) atoms. The largest absolute Gasteiger partial charge is 0.479 e. The van der Waals surface area contributed by atoms with Gasteiger partial charge in [0, 0.05) is 5.56 Å². The molecule has 1 N–H and O–H groups in total. The van der Waals surface area contributed by atoms with E-state index in [1.165, 1.54) is 6.92 Å². The molecule has 1 rings (SSSR count). The average Bonchev–Trinajstić information content (AvgIpc) is 2.34. The van der Waals surface area contributed by atoms with E-state index in [0.717, 1.165) is 11.1 Å². The molecular weight excluding hydrogens is 244 g/mol. The number of benzene rings is 1. The van der Waals surface area contributed by atoms with Gasteiger partial charge in [-0.25, -0.2) is 4.79 Å². The van der Waals surface area contributed by atoms with Gasteiger partial charge in [-0.2, -0.15) is 0 Å². The van der Waals surface area contributed by atoms with Crippen LogP contribution in [0.5, 0.6) is 5.75 Å². The van der Waals surface area contributed by atoms with Crippen LogP contribution in [0.1, 0.15) is 35.3 Å². The molecule has 0 heterocycles. The van der Waals surface area contributed by atoms with E-state index >= 15 is 0 Å². The fourth-order valence-electron chi connectivity index (χ4n) is 1.64. The van der Waals surface area contributed by atoms with E-state index in [1.807, 2.05) is 6.92 Å². The summed E-state index contributed by atoms with van der Waals surface area (Å²) in [5, 5.41) is 8.83. The van der Waals surface area contributed by atoms with Crippen LogP contribution >= 0.6 is 0 Å². The molecule has 0 aliphatic rings.